The van der Waals surface area contributed by atoms with Crippen molar-refractivity contribution in [2.24, 2.45) is 0 Å². The quantitative estimate of drug-likeness (QED) is 0.730. The molecular formula is C15H22Cl2N4O2. The number of nitrogens with zero attached hydrogens (tertiary/aromatic N) is 1. The molecule has 1 unspecified atom stereocenters. The van der Waals surface area contributed by atoms with Crippen molar-refractivity contribution in [2.75, 3.05) is 25.0 Å². The first-order valence-electron chi connectivity index (χ1n) is 7.40. The Hall–Kier alpha value is -1.50. The van der Waals surface area contributed by atoms with E-state index in [1.165, 1.54) is 0 Å². The largest absolute Gasteiger partial charge is 0.462 e. The highest BCUT2D eigenvalue weighted by atomic mass is 35.5. The Morgan fingerprint density at radius 1 is 1.48 bits per heavy atom. The Kier molecular flexibility index (Phi) is 7.61. The number of ether oxygens (including phenoxy) is 1. The summed E-state index contributed by atoms with van der Waals surface area (Å²) in [6, 6.07) is 2.25. The molecule has 0 amide bonds. The molecule has 1 aliphatic rings. The van der Waals surface area contributed by atoms with E-state index in [0.29, 0.717) is 18.2 Å². The van der Waals surface area contributed by atoms with Crippen molar-refractivity contribution in [1.29, 1.82) is 0 Å². The number of H-pyrrole nitrogens is 1. The molecular weight excluding hydrogens is 339 g/mol. The van der Waals surface area contributed by atoms with E-state index < -0.39 is 0 Å². The molecule has 0 aromatic carbocycles. The van der Waals surface area contributed by atoms with Crippen LogP contribution in [0.2, 0.25) is 0 Å². The number of carbonyl (C=O) groups is 1. The Bertz CT molecular complexity index is 641. The molecule has 2 aromatic rings. The summed E-state index contributed by atoms with van der Waals surface area (Å²) in [5.74, 6) is -0.334. The van der Waals surface area contributed by atoms with Crippen molar-refractivity contribution >= 4 is 47.5 Å². The molecule has 1 fully saturated rings. The molecule has 0 saturated carbocycles. The number of pyridine rings is 1. The molecule has 0 spiro atoms. The SMILES string of the molecule is CCOC(=O)c1cnc2[nH]ccc2c1NC1CCCNC1.Cl.Cl. The van der Waals surface area contributed by atoms with E-state index in [1.807, 2.05) is 12.3 Å². The maximum atomic E-state index is 12.1. The lowest BCUT2D eigenvalue weighted by Crippen LogP contribution is -2.38. The number of hydrogen-bond acceptors (Lipinski definition) is 5. The summed E-state index contributed by atoms with van der Waals surface area (Å²) in [5, 5.41) is 7.79. The van der Waals surface area contributed by atoms with Gasteiger partial charge in [0.2, 0.25) is 0 Å². The molecule has 1 saturated heterocycles. The van der Waals surface area contributed by atoms with E-state index >= 15 is 0 Å². The van der Waals surface area contributed by atoms with Gasteiger partial charge in [-0.25, -0.2) is 9.78 Å². The van der Waals surface area contributed by atoms with E-state index in [1.54, 1.807) is 13.1 Å². The molecule has 2 aromatic heterocycles. The predicted molar refractivity (Wildman–Crippen MR) is 96.1 cm³/mol. The van der Waals surface area contributed by atoms with Crippen LogP contribution in [0, 0.1) is 0 Å². The van der Waals surface area contributed by atoms with E-state index in [0.717, 1.165) is 42.7 Å². The third kappa shape index (κ3) is 4.28. The smallest absolute Gasteiger partial charge is 0.341 e. The first kappa shape index (κ1) is 19.5. The number of rotatable bonds is 4. The maximum absolute atomic E-state index is 12.1. The van der Waals surface area contributed by atoms with Crippen LogP contribution in [0.3, 0.4) is 0 Å². The lowest BCUT2D eigenvalue weighted by Gasteiger charge is -2.26. The number of halogens is 2. The number of fused-ring (bicyclic) bond motifs is 1. The average molecular weight is 361 g/mol. The molecule has 128 valence electrons. The van der Waals surface area contributed by atoms with Gasteiger partial charge in [-0.2, -0.15) is 0 Å². The predicted octanol–water partition coefficient (Wildman–Crippen LogP) is 2.75. The molecule has 0 aliphatic carbocycles. The molecule has 8 heteroatoms. The van der Waals surface area contributed by atoms with E-state index in [-0.39, 0.29) is 30.8 Å². The van der Waals surface area contributed by atoms with Gasteiger partial charge in [0.05, 0.1) is 12.3 Å². The summed E-state index contributed by atoms with van der Waals surface area (Å²) < 4.78 is 5.14. The van der Waals surface area contributed by atoms with Gasteiger partial charge in [0.1, 0.15) is 11.2 Å². The van der Waals surface area contributed by atoms with Crippen LogP contribution in [0.5, 0.6) is 0 Å². The van der Waals surface area contributed by atoms with Crippen LogP contribution < -0.4 is 10.6 Å². The minimum absolute atomic E-state index is 0. The van der Waals surface area contributed by atoms with Crippen molar-refractivity contribution in [3.8, 4) is 0 Å². The summed E-state index contributed by atoms with van der Waals surface area (Å²) in [4.78, 5) is 19.5. The van der Waals surface area contributed by atoms with E-state index in [2.05, 4.69) is 20.6 Å². The topological polar surface area (TPSA) is 79.0 Å². The van der Waals surface area contributed by atoms with Crippen LogP contribution in [0.15, 0.2) is 18.5 Å². The van der Waals surface area contributed by atoms with Gasteiger partial charge in [-0.15, -0.1) is 24.8 Å². The third-order valence-electron chi connectivity index (χ3n) is 3.73. The monoisotopic (exact) mass is 360 g/mol. The van der Waals surface area contributed by atoms with E-state index in [9.17, 15) is 4.79 Å². The standard InChI is InChI=1S/C15H20N4O2.2ClH/c1-2-21-15(20)12-9-18-14-11(5-7-17-14)13(12)19-10-4-3-6-16-8-10;;/h5,7,9-10,16H,2-4,6,8H2,1H3,(H2,17,18,19);2*1H. The Balaban J connectivity index is 0.00000132. The van der Waals surface area contributed by atoms with Crippen LogP contribution >= 0.6 is 24.8 Å². The molecule has 3 N–H and O–H groups in total. The minimum atomic E-state index is -0.334. The van der Waals surface area contributed by atoms with Gasteiger partial charge in [0, 0.05) is 30.4 Å². The zero-order chi connectivity index (χ0) is 14.7. The van der Waals surface area contributed by atoms with Crippen molar-refractivity contribution in [3.63, 3.8) is 0 Å². The van der Waals surface area contributed by atoms with Gasteiger partial charge in [0.25, 0.3) is 0 Å². The van der Waals surface area contributed by atoms with Crippen molar-refractivity contribution < 1.29 is 9.53 Å². The highest BCUT2D eigenvalue weighted by molar-refractivity contribution is 6.04. The fourth-order valence-corrected chi connectivity index (χ4v) is 2.71. The number of anilines is 1. The van der Waals surface area contributed by atoms with Gasteiger partial charge < -0.3 is 20.4 Å². The molecule has 6 nitrogen and oxygen atoms in total. The van der Waals surface area contributed by atoms with Crippen LogP contribution in [0.25, 0.3) is 11.0 Å². The summed E-state index contributed by atoms with van der Waals surface area (Å²) >= 11 is 0. The van der Waals surface area contributed by atoms with Crippen LogP contribution in [0.4, 0.5) is 5.69 Å². The van der Waals surface area contributed by atoms with Gasteiger partial charge in [0.15, 0.2) is 0 Å². The zero-order valence-electron chi connectivity index (χ0n) is 12.9. The maximum Gasteiger partial charge on any atom is 0.341 e. The van der Waals surface area contributed by atoms with Crippen LogP contribution in [-0.4, -0.2) is 41.7 Å². The summed E-state index contributed by atoms with van der Waals surface area (Å²) in [6.45, 7) is 4.11. The Morgan fingerprint density at radius 3 is 3.00 bits per heavy atom. The number of hydrogen-bond donors (Lipinski definition) is 3. The van der Waals surface area contributed by atoms with Gasteiger partial charge in [-0.05, 0) is 32.4 Å². The fraction of sp³-hybridized carbons (Fsp3) is 0.467. The van der Waals surface area contributed by atoms with Crippen molar-refractivity contribution in [2.45, 2.75) is 25.8 Å². The number of aromatic nitrogens is 2. The number of nitrogens with one attached hydrogen (secondary N) is 3. The Labute approximate surface area is 147 Å². The van der Waals surface area contributed by atoms with Gasteiger partial charge >= 0.3 is 5.97 Å². The van der Waals surface area contributed by atoms with Gasteiger partial charge in [-0.3, -0.25) is 0 Å². The second-order valence-electron chi connectivity index (χ2n) is 5.19. The van der Waals surface area contributed by atoms with Crippen molar-refractivity contribution in [3.05, 3.63) is 24.0 Å². The molecule has 1 atom stereocenters. The number of carbonyl (C=O) groups excluding carboxylic acids is 1. The Morgan fingerprint density at radius 2 is 2.30 bits per heavy atom. The third-order valence-corrected chi connectivity index (χ3v) is 3.73. The molecule has 23 heavy (non-hydrogen) atoms. The summed E-state index contributed by atoms with van der Waals surface area (Å²) in [7, 11) is 0. The normalized spacial score (nSPS) is 17.0. The first-order valence-corrected chi connectivity index (χ1v) is 7.40. The number of esters is 1. The lowest BCUT2D eigenvalue weighted by molar-refractivity contribution is 0.0527. The number of piperidine rings is 1. The second kappa shape index (κ2) is 8.96. The molecule has 3 heterocycles. The molecule has 1 aliphatic heterocycles. The molecule has 3 rings (SSSR count). The van der Waals surface area contributed by atoms with Gasteiger partial charge in [-0.1, -0.05) is 0 Å². The van der Waals surface area contributed by atoms with E-state index in [4.69, 9.17) is 4.74 Å². The summed E-state index contributed by atoms with van der Waals surface area (Å²) in [6.07, 6.45) is 5.63. The average Bonchev–Trinajstić information content (AvgIpc) is 2.98. The summed E-state index contributed by atoms with van der Waals surface area (Å²) in [5.41, 5.74) is 2.08. The number of aromatic amines is 1. The van der Waals surface area contributed by atoms with Crippen LogP contribution in [0.1, 0.15) is 30.1 Å². The van der Waals surface area contributed by atoms with Crippen molar-refractivity contribution in [1.82, 2.24) is 15.3 Å². The fourth-order valence-electron chi connectivity index (χ4n) is 2.71. The highest BCUT2D eigenvalue weighted by Crippen LogP contribution is 2.27. The first-order chi connectivity index (χ1) is 10.3. The molecule has 0 bridgehead atoms. The second-order valence-corrected chi connectivity index (χ2v) is 5.19. The lowest BCUT2D eigenvalue weighted by atomic mass is 10.1. The zero-order valence-corrected chi connectivity index (χ0v) is 14.6. The minimum Gasteiger partial charge on any atom is -0.462 e. The van der Waals surface area contributed by atoms with Crippen LogP contribution in [-0.2, 0) is 4.74 Å². The molecule has 0 radical (unpaired) electrons. The highest BCUT2D eigenvalue weighted by Gasteiger charge is 2.20.